The van der Waals surface area contributed by atoms with Crippen LogP contribution in [0.4, 0.5) is 5.69 Å². The molecule has 1 saturated heterocycles. The van der Waals surface area contributed by atoms with E-state index in [2.05, 4.69) is 0 Å². The van der Waals surface area contributed by atoms with Crippen LogP contribution < -0.4 is 0 Å². The Morgan fingerprint density at radius 3 is 2.15 bits per heavy atom. The van der Waals surface area contributed by atoms with E-state index < -0.39 is 23.1 Å². The van der Waals surface area contributed by atoms with Crippen molar-refractivity contribution >= 4 is 17.4 Å². The Kier molecular flexibility index (Phi) is 6.90. The van der Waals surface area contributed by atoms with E-state index in [-0.39, 0.29) is 29.6 Å². The first-order valence-corrected chi connectivity index (χ1v) is 10.7. The van der Waals surface area contributed by atoms with Gasteiger partial charge in [-0.3, -0.25) is 14.9 Å². The third kappa shape index (κ3) is 5.70. The lowest BCUT2D eigenvalue weighted by Crippen LogP contribution is -2.35. The normalized spacial score (nSPS) is 20.1. The zero-order valence-electron chi connectivity index (χ0n) is 17.8. The van der Waals surface area contributed by atoms with E-state index in [1.54, 1.807) is 12.1 Å². The molecule has 0 amide bonds. The molecule has 0 N–H and O–H groups in total. The monoisotopic (exact) mass is 445 g/mol. The van der Waals surface area contributed by atoms with E-state index in [1.807, 2.05) is 48.5 Å². The summed E-state index contributed by atoms with van der Waals surface area (Å²) in [5, 5.41) is 10.8. The zero-order valence-corrected chi connectivity index (χ0v) is 17.8. The molecule has 33 heavy (non-hydrogen) atoms. The SMILES string of the molecule is O=C(C[C@H]1C[C@H](OC(=O)c2ccc([N+](=O)[O-])cc2)C[C@@H](c2ccccc2)O1)c1ccccc1. The number of nitrogens with zero attached hydrogens (tertiary/aromatic N) is 1. The standard InChI is InChI=1S/C26H23NO6/c28-24(18-7-3-1-4-8-18)16-22-15-23(17-25(32-22)19-9-5-2-6-10-19)33-26(29)20-11-13-21(14-12-20)27(30)31/h1-14,22-23,25H,15-17H2/t22-,23+,25+/m1/s1. The highest BCUT2D eigenvalue weighted by atomic mass is 16.6. The minimum absolute atomic E-state index is 0.0326. The van der Waals surface area contributed by atoms with Crippen molar-refractivity contribution in [1.82, 2.24) is 0 Å². The number of nitro benzene ring substituents is 1. The smallest absolute Gasteiger partial charge is 0.338 e. The molecule has 0 aromatic heterocycles. The molecule has 3 aromatic rings. The molecule has 7 nitrogen and oxygen atoms in total. The summed E-state index contributed by atoms with van der Waals surface area (Å²) in [5.74, 6) is -0.591. The molecule has 0 saturated carbocycles. The Morgan fingerprint density at radius 1 is 0.879 bits per heavy atom. The highest BCUT2D eigenvalue weighted by Crippen LogP contribution is 2.35. The molecule has 168 valence electrons. The molecule has 3 aromatic carbocycles. The van der Waals surface area contributed by atoms with Crippen LogP contribution in [0.15, 0.2) is 84.9 Å². The van der Waals surface area contributed by atoms with Crippen LogP contribution in [0.25, 0.3) is 0 Å². The fraction of sp³-hybridized carbons (Fsp3) is 0.231. The topological polar surface area (TPSA) is 95.7 Å². The maximum Gasteiger partial charge on any atom is 0.338 e. The number of non-ortho nitro benzene ring substituents is 1. The number of Topliss-reactive ketones (excluding diaryl/α,β-unsaturated/α-hetero) is 1. The van der Waals surface area contributed by atoms with Gasteiger partial charge in [0.15, 0.2) is 5.78 Å². The first-order chi connectivity index (χ1) is 16.0. The Labute approximate surface area is 191 Å². The predicted octanol–water partition coefficient (Wildman–Crippen LogP) is 5.31. The van der Waals surface area contributed by atoms with Gasteiger partial charge in [0.05, 0.1) is 22.7 Å². The molecule has 1 fully saturated rings. The highest BCUT2D eigenvalue weighted by molar-refractivity contribution is 5.96. The van der Waals surface area contributed by atoms with Crippen molar-refractivity contribution in [3.63, 3.8) is 0 Å². The van der Waals surface area contributed by atoms with Crippen LogP contribution in [0.1, 0.15) is 51.6 Å². The number of ether oxygens (including phenoxy) is 2. The van der Waals surface area contributed by atoms with Gasteiger partial charge in [-0.25, -0.2) is 4.79 Å². The largest absolute Gasteiger partial charge is 0.459 e. The number of benzene rings is 3. The van der Waals surface area contributed by atoms with Crippen LogP contribution in [-0.2, 0) is 9.47 Å². The van der Waals surface area contributed by atoms with Gasteiger partial charge in [0.1, 0.15) is 6.10 Å². The average molecular weight is 445 g/mol. The fourth-order valence-electron chi connectivity index (χ4n) is 3.97. The molecule has 0 unspecified atom stereocenters. The number of esters is 1. The van der Waals surface area contributed by atoms with Crippen molar-refractivity contribution in [3.8, 4) is 0 Å². The van der Waals surface area contributed by atoms with Gasteiger partial charge in [-0.15, -0.1) is 0 Å². The first kappa shape index (κ1) is 22.4. The van der Waals surface area contributed by atoms with Gasteiger partial charge < -0.3 is 9.47 Å². The van der Waals surface area contributed by atoms with Crippen molar-refractivity contribution in [2.45, 2.75) is 37.6 Å². The lowest BCUT2D eigenvalue weighted by atomic mass is 9.93. The Balaban J connectivity index is 1.49. The lowest BCUT2D eigenvalue weighted by Gasteiger charge is -2.35. The molecule has 1 aliphatic rings. The Morgan fingerprint density at radius 2 is 1.52 bits per heavy atom. The van der Waals surface area contributed by atoms with E-state index in [9.17, 15) is 19.7 Å². The van der Waals surface area contributed by atoms with Crippen LogP contribution in [-0.4, -0.2) is 28.9 Å². The average Bonchev–Trinajstić information content (AvgIpc) is 2.85. The molecule has 3 atom stereocenters. The van der Waals surface area contributed by atoms with E-state index in [0.29, 0.717) is 18.4 Å². The van der Waals surface area contributed by atoms with Crippen molar-refractivity contribution in [2.24, 2.45) is 0 Å². The summed E-state index contributed by atoms with van der Waals surface area (Å²) in [4.78, 5) is 35.8. The van der Waals surface area contributed by atoms with Gasteiger partial charge in [0, 0.05) is 37.0 Å². The van der Waals surface area contributed by atoms with Crippen LogP contribution in [0, 0.1) is 10.1 Å². The maximum atomic E-state index is 12.8. The van der Waals surface area contributed by atoms with E-state index in [4.69, 9.17) is 9.47 Å². The summed E-state index contributed by atoms with van der Waals surface area (Å²) in [7, 11) is 0. The summed E-state index contributed by atoms with van der Waals surface area (Å²) < 4.78 is 12.0. The van der Waals surface area contributed by atoms with Crippen LogP contribution >= 0.6 is 0 Å². The number of carbonyl (C=O) groups excluding carboxylic acids is 2. The molecule has 4 rings (SSSR count). The zero-order chi connectivity index (χ0) is 23.2. The summed E-state index contributed by atoms with van der Waals surface area (Å²) in [6.07, 6.45) is -0.159. The number of hydrogen-bond acceptors (Lipinski definition) is 6. The third-order valence-electron chi connectivity index (χ3n) is 5.63. The number of ketones is 1. The quantitative estimate of drug-likeness (QED) is 0.212. The predicted molar refractivity (Wildman–Crippen MR) is 121 cm³/mol. The molecule has 0 aliphatic carbocycles. The van der Waals surface area contributed by atoms with Crippen molar-refractivity contribution in [3.05, 3.63) is 112 Å². The molecular formula is C26H23NO6. The second kappa shape index (κ2) is 10.2. The molecule has 0 radical (unpaired) electrons. The minimum atomic E-state index is -0.559. The van der Waals surface area contributed by atoms with Gasteiger partial charge in [-0.2, -0.15) is 0 Å². The van der Waals surface area contributed by atoms with Gasteiger partial charge in [0.2, 0.25) is 0 Å². The third-order valence-corrected chi connectivity index (χ3v) is 5.63. The Hall–Kier alpha value is -3.84. The first-order valence-electron chi connectivity index (χ1n) is 10.7. The van der Waals surface area contributed by atoms with Gasteiger partial charge in [-0.1, -0.05) is 60.7 Å². The summed E-state index contributed by atoms with van der Waals surface area (Å²) in [5.41, 5.74) is 1.70. The maximum absolute atomic E-state index is 12.8. The summed E-state index contributed by atoms with van der Waals surface area (Å²) in [6.45, 7) is 0. The second-order valence-corrected chi connectivity index (χ2v) is 7.95. The molecule has 1 heterocycles. The number of hydrogen-bond donors (Lipinski definition) is 0. The summed E-state index contributed by atoms with van der Waals surface area (Å²) >= 11 is 0. The second-order valence-electron chi connectivity index (χ2n) is 7.95. The van der Waals surface area contributed by atoms with Gasteiger partial charge in [-0.05, 0) is 17.7 Å². The van der Waals surface area contributed by atoms with Crippen LogP contribution in [0.2, 0.25) is 0 Å². The van der Waals surface area contributed by atoms with Crippen LogP contribution in [0.3, 0.4) is 0 Å². The molecule has 7 heteroatoms. The Bertz CT molecular complexity index is 1110. The van der Waals surface area contributed by atoms with E-state index in [1.165, 1.54) is 24.3 Å². The van der Waals surface area contributed by atoms with Crippen molar-refractivity contribution < 1.29 is 24.0 Å². The van der Waals surface area contributed by atoms with Gasteiger partial charge in [0.25, 0.3) is 5.69 Å². The van der Waals surface area contributed by atoms with Crippen molar-refractivity contribution in [2.75, 3.05) is 0 Å². The van der Waals surface area contributed by atoms with E-state index >= 15 is 0 Å². The van der Waals surface area contributed by atoms with E-state index in [0.717, 1.165) is 5.56 Å². The molecule has 0 bridgehead atoms. The number of nitro groups is 1. The lowest BCUT2D eigenvalue weighted by molar-refractivity contribution is -0.384. The highest BCUT2D eigenvalue weighted by Gasteiger charge is 2.34. The number of carbonyl (C=O) groups is 2. The minimum Gasteiger partial charge on any atom is -0.459 e. The van der Waals surface area contributed by atoms with Crippen LogP contribution in [0.5, 0.6) is 0 Å². The van der Waals surface area contributed by atoms with Crippen molar-refractivity contribution in [1.29, 1.82) is 0 Å². The summed E-state index contributed by atoms with van der Waals surface area (Å²) in [6, 6.07) is 24.0. The number of rotatable bonds is 7. The molecular weight excluding hydrogens is 422 g/mol. The molecule has 0 spiro atoms. The van der Waals surface area contributed by atoms with Gasteiger partial charge >= 0.3 is 5.97 Å². The molecule has 1 aliphatic heterocycles. The fourth-order valence-corrected chi connectivity index (χ4v) is 3.97.